The quantitative estimate of drug-likeness (QED) is 0.798. The van der Waals surface area contributed by atoms with Crippen LogP contribution in [0.4, 0.5) is 0 Å². The summed E-state index contributed by atoms with van der Waals surface area (Å²) in [6.45, 7) is 0. The Balaban J connectivity index is 1.85. The Labute approximate surface area is 115 Å². The van der Waals surface area contributed by atoms with Crippen molar-refractivity contribution in [1.29, 1.82) is 0 Å². The molecule has 0 spiro atoms. The van der Waals surface area contributed by atoms with E-state index < -0.39 is 0 Å². The van der Waals surface area contributed by atoms with Gasteiger partial charge in [-0.15, -0.1) is 23.1 Å². The summed E-state index contributed by atoms with van der Waals surface area (Å²) in [4.78, 5) is 13.3. The molecule has 0 saturated heterocycles. The summed E-state index contributed by atoms with van der Waals surface area (Å²) in [7, 11) is 0. The van der Waals surface area contributed by atoms with Crippen LogP contribution in [-0.4, -0.2) is 5.78 Å². The lowest BCUT2D eigenvalue weighted by molar-refractivity contribution is -0.113. The molecule has 1 aliphatic rings. The smallest absolute Gasteiger partial charge is 0.166 e. The van der Waals surface area contributed by atoms with E-state index in [-0.39, 0.29) is 11.0 Å². The molecule has 1 aromatic carbocycles. The maximum Gasteiger partial charge on any atom is 0.166 e. The highest BCUT2D eigenvalue weighted by atomic mass is 32.2. The zero-order chi connectivity index (χ0) is 12.4. The fourth-order valence-electron chi connectivity index (χ4n) is 2.03. The van der Waals surface area contributed by atoms with Crippen molar-refractivity contribution in [2.75, 3.05) is 0 Å². The minimum absolute atomic E-state index is 0.255. The lowest BCUT2D eigenvalue weighted by atomic mass is 10.0. The predicted molar refractivity (Wildman–Crippen MR) is 78.7 cm³/mol. The molecule has 0 bridgehead atoms. The summed E-state index contributed by atoms with van der Waals surface area (Å²) in [5.74, 6) is 0.255. The van der Waals surface area contributed by atoms with Crippen LogP contribution < -0.4 is 0 Å². The topological polar surface area (TPSA) is 17.1 Å². The summed E-state index contributed by atoms with van der Waals surface area (Å²) in [6.07, 6.45) is 0.596. The third-order valence-electron chi connectivity index (χ3n) is 2.98. The lowest BCUT2D eigenvalue weighted by Crippen LogP contribution is -2.09. The van der Waals surface area contributed by atoms with Crippen molar-refractivity contribution in [2.24, 2.45) is 0 Å². The highest BCUT2D eigenvalue weighted by molar-refractivity contribution is 8.02. The molecule has 3 rings (SSSR count). The van der Waals surface area contributed by atoms with E-state index in [4.69, 9.17) is 0 Å². The van der Waals surface area contributed by atoms with Crippen molar-refractivity contribution < 1.29 is 4.79 Å². The molecule has 1 atom stereocenters. The summed E-state index contributed by atoms with van der Waals surface area (Å²) >= 11 is 3.38. The van der Waals surface area contributed by atoms with Crippen LogP contribution in [0.25, 0.3) is 5.57 Å². The van der Waals surface area contributed by atoms with Gasteiger partial charge in [0.05, 0.1) is 0 Å². The van der Waals surface area contributed by atoms with Gasteiger partial charge in [-0.25, -0.2) is 0 Å². The zero-order valence-corrected chi connectivity index (χ0v) is 11.3. The van der Waals surface area contributed by atoms with Crippen LogP contribution in [-0.2, 0) is 4.79 Å². The number of rotatable bonds is 2. The number of carbonyl (C=O) groups is 1. The van der Waals surface area contributed by atoms with E-state index in [1.54, 1.807) is 23.1 Å². The van der Waals surface area contributed by atoms with Gasteiger partial charge in [0, 0.05) is 22.1 Å². The molecule has 3 heteroatoms. The monoisotopic (exact) mass is 272 g/mol. The van der Waals surface area contributed by atoms with Crippen molar-refractivity contribution in [3.8, 4) is 0 Å². The molecule has 0 amide bonds. The summed E-state index contributed by atoms with van der Waals surface area (Å²) in [6, 6.07) is 14.2. The fourth-order valence-corrected chi connectivity index (χ4v) is 3.99. The van der Waals surface area contributed by atoms with E-state index in [9.17, 15) is 4.79 Å². The van der Waals surface area contributed by atoms with Gasteiger partial charge in [0.1, 0.15) is 0 Å². The molecule has 1 aliphatic heterocycles. The first kappa shape index (κ1) is 11.8. The normalized spacial score (nSPS) is 19.7. The largest absolute Gasteiger partial charge is 0.294 e. The molecule has 1 unspecified atom stereocenters. The third-order valence-corrected chi connectivity index (χ3v) is 5.02. The van der Waals surface area contributed by atoms with E-state index in [0.717, 1.165) is 10.5 Å². The van der Waals surface area contributed by atoms with E-state index in [2.05, 4.69) is 12.1 Å². The first-order valence-corrected chi connectivity index (χ1v) is 7.64. The van der Waals surface area contributed by atoms with Gasteiger partial charge in [0.15, 0.2) is 5.78 Å². The molecule has 0 radical (unpaired) electrons. The van der Waals surface area contributed by atoms with Crippen molar-refractivity contribution in [3.63, 3.8) is 0 Å². The molecule has 1 nitrogen and oxygen atoms in total. The number of Topliss-reactive ketones (excluding diaryl/α,β-unsaturated/α-hetero) is 1. The van der Waals surface area contributed by atoms with Crippen LogP contribution in [0.5, 0.6) is 0 Å². The fraction of sp³-hybridized carbons (Fsp3) is 0.133. The first-order chi connectivity index (χ1) is 8.84. The summed E-state index contributed by atoms with van der Waals surface area (Å²) in [5.41, 5.74) is 2.11. The molecule has 0 N–H and O–H groups in total. The van der Waals surface area contributed by atoms with Gasteiger partial charge in [0.25, 0.3) is 0 Å². The molecule has 0 fully saturated rings. The second-order valence-corrected chi connectivity index (χ2v) is 6.20. The van der Waals surface area contributed by atoms with Gasteiger partial charge >= 0.3 is 0 Å². The Morgan fingerprint density at radius 3 is 2.56 bits per heavy atom. The third kappa shape index (κ3) is 2.28. The molecule has 0 saturated carbocycles. The Morgan fingerprint density at radius 1 is 1.06 bits per heavy atom. The minimum Gasteiger partial charge on any atom is -0.294 e. The maximum atomic E-state index is 12.2. The second kappa shape index (κ2) is 5.12. The first-order valence-electron chi connectivity index (χ1n) is 5.82. The van der Waals surface area contributed by atoms with Crippen LogP contribution in [0.3, 0.4) is 0 Å². The van der Waals surface area contributed by atoms with Crippen molar-refractivity contribution >= 4 is 34.5 Å². The number of thiophene rings is 1. The predicted octanol–water partition coefficient (Wildman–Crippen LogP) is 4.54. The minimum atomic E-state index is 0.255. The van der Waals surface area contributed by atoms with Crippen molar-refractivity contribution in [3.05, 3.63) is 63.7 Å². The lowest BCUT2D eigenvalue weighted by Gasteiger charge is -2.20. The molecule has 18 heavy (non-hydrogen) atoms. The maximum absolute atomic E-state index is 12.2. The van der Waals surface area contributed by atoms with Crippen molar-refractivity contribution in [1.82, 2.24) is 0 Å². The number of thioether (sulfide) groups is 1. The molecule has 0 aliphatic carbocycles. The van der Waals surface area contributed by atoms with E-state index in [1.807, 2.05) is 41.1 Å². The van der Waals surface area contributed by atoms with E-state index >= 15 is 0 Å². The van der Waals surface area contributed by atoms with Gasteiger partial charge in [0.2, 0.25) is 0 Å². The van der Waals surface area contributed by atoms with E-state index in [1.165, 1.54) is 5.56 Å². The van der Waals surface area contributed by atoms with Crippen LogP contribution >= 0.6 is 23.1 Å². The number of hydrogen-bond donors (Lipinski definition) is 0. The van der Waals surface area contributed by atoms with Gasteiger partial charge in [-0.1, -0.05) is 36.4 Å². The summed E-state index contributed by atoms with van der Waals surface area (Å²) in [5, 5.41) is 4.30. The second-order valence-electron chi connectivity index (χ2n) is 4.17. The van der Waals surface area contributed by atoms with Gasteiger partial charge in [-0.3, -0.25) is 4.79 Å². The Bertz CT molecular complexity index is 570. The molecule has 2 aromatic rings. The van der Waals surface area contributed by atoms with Gasteiger partial charge < -0.3 is 0 Å². The molecular weight excluding hydrogens is 260 g/mol. The average molecular weight is 272 g/mol. The zero-order valence-electron chi connectivity index (χ0n) is 9.71. The van der Waals surface area contributed by atoms with Crippen molar-refractivity contribution in [2.45, 2.75) is 11.7 Å². The van der Waals surface area contributed by atoms with Crippen LogP contribution in [0.1, 0.15) is 22.1 Å². The number of carbonyl (C=O) groups excluding carboxylic acids is 1. The van der Waals surface area contributed by atoms with E-state index in [0.29, 0.717) is 6.42 Å². The Hall–Kier alpha value is -1.32. The van der Waals surface area contributed by atoms with Gasteiger partial charge in [-0.05, 0) is 22.4 Å². The van der Waals surface area contributed by atoms with Crippen LogP contribution in [0, 0.1) is 0 Å². The highest BCUT2D eigenvalue weighted by Crippen LogP contribution is 2.41. The molecule has 2 heterocycles. The standard InChI is InChI=1S/C15H12OS2/c16-13-9-15(11-5-2-1-3-6-11)18-10-12(13)14-7-4-8-17-14/h1-8,10,15H,9H2. The molecule has 90 valence electrons. The van der Waals surface area contributed by atoms with Gasteiger partial charge in [-0.2, -0.15) is 0 Å². The number of ketones is 1. The van der Waals surface area contributed by atoms with Crippen LogP contribution in [0.2, 0.25) is 0 Å². The summed E-state index contributed by atoms with van der Waals surface area (Å²) < 4.78 is 0. The Morgan fingerprint density at radius 2 is 1.89 bits per heavy atom. The Kier molecular flexibility index (Phi) is 3.35. The number of benzene rings is 1. The number of hydrogen-bond acceptors (Lipinski definition) is 3. The number of allylic oxidation sites excluding steroid dienone is 1. The molecule has 1 aromatic heterocycles. The SMILES string of the molecule is O=C1CC(c2ccccc2)SC=C1c1cccs1. The average Bonchev–Trinajstić information content (AvgIpc) is 2.93. The molecular formula is C15H12OS2. The highest BCUT2D eigenvalue weighted by Gasteiger charge is 2.24. The van der Waals surface area contributed by atoms with Crippen LogP contribution in [0.15, 0.2) is 53.3 Å².